The van der Waals surface area contributed by atoms with Crippen LogP contribution in [0.3, 0.4) is 0 Å². The number of aromatic nitrogens is 2. The van der Waals surface area contributed by atoms with E-state index >= 15 is 0 Å². The molecule has 3 rings (SSSR count). The van der Waals surface area contributed by atoms with Crippen LogP contribution in [0.5, 0.6) is 5.75 Å². The van der Waals surface area contributed by atoms with Crippen LogP contribution in [0, 0.1) is 20.8 Å². The topological polar surface area (TPSA) is 77.2 Å². The Kier molecular flexibility index (Phi) is 4.61. The molecule has 1 amide bonds. The quantitative estimate of drug-likeness (QED) is 0.760. The maximum Gasteiger partial charge on any atom is 0.261 e. The van der Waals surface area contributed by atoms with Crippen LogP contribution in [0.15, 0.2) is 35.0 Å². The molecule has 0 saturated carbocycles. The summed E-state index contributed by atoms with van der Waals surface area (Å²) < 4.78 is 11.0. The van der Waals surface area contributed by atoms with E-state index < -0.39 is 0 Å². The number of benzene rings is 1. The highest BCUT2D eigenvalue weighted by Crippen LogP contribution is 2.24. The van der Waals surface area contributed by atoms with Crippen molar-refractivity contribution in [2.45, 2.75) is 27.4 Å². The normalized spacial score (nSPS) is 10.6. The summed E-state index contributed by atoms with van der Waals surface area (Å²) in [5.74, 6) is 0.967. The fourth-order valence-corrected chi connectivity index (χ4v) is 2.87. The molecule has 0 atom stereocenters. The van der Waals surface area contributed by atoms with Gasteiger partial charge in [-0.25, -0.2) is 4.98 Å². The van der Waals surface area contributed by atoms with Crippen molar-refractivity contribution in [2.24, 2.45) is 0 Å². The second-order valence-electron chi connectivity index (χ2n) is 5.32. The van der Waals surface area contributed by atoms with Gasteiger partial charge in [-0.1, -0.05) is 17.3 Å². The van der Waals surface area contributed by atoms with E-state index in [1.807, 2.05) is 26.8 Å². The standard InChI is InChI=1S/C17H17N3O3S/c1-10-8-18-17(24-10)19-16(21)13-6-4-5-7-15(13)22-9-14-11(2)20-23-12(14)3/h4-8H,9H2,1-3H3,(H,18,19,21). The summed E-state index contributed by atoms with van der Waals surface area (Å²) in [6.07, 6.45) is 1.72. The summed E-state index contributed by atoms with van der Waals surface area (Å²) in [6, 6.07) is 7.11. The minimum absolute atomic E-state index is 0.251. The molecule has 7 heteroatoms. The van der Waals surface area contributed by atoms with Crippen molar-refractivity contribution in [2.75, 3.05) is 5.32 Å². The zero-order chi connectivity index (χ0) is 17.1. The maximum atomic E-state index is 12.5. The number of nitrogens with one attached hydrogen (secondary N) is 1. The van der Waals surface area contributed by atoms with Gasteiger partial charge in [0.1, 0.15) is 18.1 Å². The summed E-state index contributed by atoms with van der Waals surface area (Å²) in [5.41, 5.74) is 2.13. The Morgan fingerprint density at radius 3 is 2.75 bits per heavy atom. The fourth-order valence-electron chi connectivity index (χ4n) is 2.21. The van der Waals surface area contributed by atoms with Gasteiger partial charge < -0.3 is 9.26 Å². The van der Waals surface area contributed by atoms with Crippen molar-refractivity contribution in [3.63, 3.8) is 0 Å². The van der Waals surface area contributed by atoms with Gasteiger partial charge in [-0.15, -0.1) is 11.3 Å². The van der Waals surface area contributed by atoms with E-state index in [4.69, 9.17) is 9.26 Å². The number of nitrogens with zero attached hydrogens (tertiary/aromatic N) is 2. The van der Waals surface area contributed by atoms with E-state index in [1.165, 1.54) is 11.3 Å². The van der Waals surface area contributed by atoms with Crippen molar-refractivity contribution in [3.8, 4) is 5.75 Å². The van der Waals surface area contributed by atoms with Gasteiger partial charge in [0.25, 0.3) is 5.91 Å². The number of carbonyl (C=O) groups is 1. The van der Waals surface area contributed by atoms with Crippen LogP contribution in [0.1, 0.15) is 32.3 Å². The smallest absolute Gasteiger partial charge is 0.261 e. The molecule has 6 nitrogen and oxygen atoms in total. The number of aryl methyl sites for hydroxylation is 3. The van der Waals surface area contributed by atoms with E-state index in [-0.39, 0.29) is 5.91 Å². The van der Waals surface area contributed by atoms with Gasteiger partial charge in [-0.2, -0.15) is 0 Å². The average molecular weight is 343 g/mol. The number of amides is 1. The van der Waals surface area contributed by atoms with Gasteiger partial charge in [0.2, 0.25) is 0 Å². The fraction of sp³-hybridized carbons (Fsp3) is 0.235. The first-order valence-corrected chi connectivity index (χ1v) is 8.23. The van der Waals surface area contributed by atoms with Crippen molar-refractivity contribution < 1.29 is 14.1 Å². The van der Waals surface area contributed by atoms with Crippen molar-refractivity contribution in [1.29, 1.82) is 0 Å². The number of carbonyl (C=O) groups excluding carboxylic acids is 1. The second kappa shape index (κ2) is 6.84. The van der Waals surface area contributed by atoms with E-state index in [0.29, 0.717) is 28.8 Å². The van der Waals surface area contributed by atoms with Crippen LogP contribution in [0.25, 0.3) is 0 Å². The number of anilines is 1. The Morgan fingerprint density at radius 1 is 1.29 bits per heavy atom. The van der Waals surface area contributed by atoms with Crippen molar-refractivity contribution in [1.82, 2.24) is 10.1 Å². The summed E-state index contributed by atoms with van der Waals surface area (Å²) in [7, 11) is 0. The average Bonchev–Trinajstić information content (AvgIpc) is 3.11. The van der Waals surface area contributed by atoms with E-state index in [1.54, 1.807) is 24.4 Å². The lowest BCUT2D eigenvalue weighted by atomic mass is 10.2. The predicted octanol–water partition coefficient (Wildman–Crippen LogP) is 3.89. The molecule has 2 aromatic heterocycles. The van der Waals surface area contributed by atoms with E-state index in [9.17, 15) is 4.79 Å². The SMILES string of the molecule is Cc1cnc(NC(=O)c2ccccc2OCc2c(C)noc2C)s1. The van der Waals surface area contributed by atoms with Gasteiger partial charge >= 0.3 is 0 Å². The van der Waals surface area contributed by atoms with Crippen molar-refractivity contribution in [3.05, 3.63) is 57.9 Å². The van der Waals surface area contributed by atoms with Crippen LogP contribution in [-0.4, -0.2) is 16.0 Å². The van der Waals surface area contributed by atoms with Crippen LogP contribution in [-0.2, 0) is 6.61 Å². The zero-order valence-corrected chi connectivity index (χ0v) is 14.4. The molecule has 2 heterocycles. The summed E-state index contributed by atoms with van der Waals surface area (Å²) in [4.78, 5) is 17.7. The molecule has 1 aromatic carbocycles. The number of ether oxygens (including phenoxy) is 1. The van der Waals surface area contributed by atoms with Crippen LogP contribution >= 0.6 is 11.3 Å². The van der Waals surface area contributed by atoms with Crippen LogP contribution in [0.4, 0.5) is 5.13 Å². The molecule has 0 unspecified atom stereocenters. The number of thiazole rings is 1. The maximum absolute atomic E-state index is 12.5. The molecule has 0 bridgehead atoms. The number of hydrogen-bond acceptors (Lipinski definition) is 6. The molecular weight excluding hydrogens is 326 g/mol. The Hall–Kier alpha value is -2.67. The summed E-state index contributed by atoms with van der Waals surface area (Å²) in [5, 5.41) is 7.26. The lowest BCUT2D eigenvalue weighted by Gasteiger charge is -2.10. The Bertz CT molecular complexity index is 850. The van der Waals surface area contributed by atoms with Crippen LogP contribution < -0.4 is 10.1 Å². The zero-order valence-electron chi connectivity index (χ0n) is 13.6. The molecule has 24 heavy (non-hydrogen) atoms. The first-order chi connectivity index (χ1) is 11.5. The second-order valence-corrected chi connectivity index (χ2v) is 6.55. The highest BCUT2D eigenvalue weighted by molar-refractivity contribution is 7.15. The number of rotatable bonds is 5. The highest BCUT2D eigenvalue weighted by atomic mass is 32.1. The first-order valence-electron chi connectivity index (χ1n) is 7.42. The molecule has 0 radical (unpaired) electrons. The summed E-state index contributed by atoms with van der Waals surface area (Å²) >= 11 is 1.43. The number of para-hydroxylation sites is 1. The van der Waals surface area contributed by atoms with E-state index in [2.05, 4.69) is 15.5 Å². The molecule has 0 fully saturated rings. The van der Waals surface area contributed by atoms with E-state index in [0.717, 1.165) is 16.1 Å². The Morgan fingerprint density at radius 2 is 2.08 bits per heavy atom. The Balaban J connectivity index is 1.76. The molecule has 0 saturated heterocycles. The first kappa shape index (κ1) is 16.2. The Labute approximate surface area is 143 Å². The van der Waals surface area contributed by atoms with Gasteiger partial charge in [0.15, 0.2) is 5.13 Å². The molecule has 1 N–H and O–H groups in total. The minimum atomic E-state index is -0.251. The molecule has 0 aliphatic carbocycles. The monoisotopic (exact) mass is 343 g/mol. The third-order valence-corrected chi connectivity index (χ3v) is 4.35. The number of hydrogen-bond donors (Lipinski definition) is 1. The predicted molar refractivity (Wildman–Crippen MR) is 91.6 cm³/mol. The van der Waals surface area contributed by atoms with Gasteiger partial charge in [0.05, 0.1) is 16.8 Å². The third kappa shape index (κ3) is 3.46. The summed E-state index contributed by atoms with van der Waals surface area (Å²) in [6.45, 7) is 5.93. The molecule has 3 aromatic rings. The minimum Gasteiger partial charge on any atom is -0.488 e. The van der Waals surface area contributed by atoms with Gasteiger partial charge in [-0.3, -0.25) is 10.1 Å². The molecule has 0 aliphatic rings. The lowest BCUT2D eigenvalue weighted by Crippen LogP contribution is -2.13. The molecular formula is C17H17N3O3S. The lowest BCUT2D eigenvalue weighted by molar-refractivity contribution is 0.102. The van der Waals surface area contributed by atoms with Gasteiger partial charge in [0, 0.05) is 11.1 Å². The van der Waals surface area contributed by atoms with Crippen LogP contribution in [0.2, 0.25) is 0 Å². The molecule has 124 valence electrons. The third-order valence-electron chi connectivity index (χ3n) is 3.53. The molecule has 0 spiro atoms. The van der Waals surface area contributed by atoms with Crippen molar-refractivity contribution >= 4 is 22.4 Å². The van der Waals surface area contributed by atoms with Gasteiger partial charge in [-0.05, 0) is 32.9 Å². The highest BCUT2D eigenvalue weighted by Gasteiger charge is 2.15. The largest absolute Gasteiger partial charge is 0.488 e. The molecule has 0 aliphatic heterocycles.